The molecule has 0 aliphatic heterocycles. The van der Waals surface area contributed by atoms with E-state index >= 15 is 0 Å². The van der Waals surface area contributed by atoms with Crippen LogP contribution in [0.15, 0.2) is 0 Å². The lowest BCUT2D eigenvalue weighted by atomic mass is 9.47. The van der Waals surface area contributed by atoms with Crippen LogP contribution < -0.4 is 0 Å². The first kappa shape index (κ1) is 12.0. The maximum Gasteiger partial charge on any atom is 0.323 e. The second kappa shape index (κ2) is 3.73. The van der Waals surface area contributed by atoms with Gasteiger partial charge in [-0.2, -0.15) is 5.26 Å². The van der Waals surface area contributed by atoms with E-state index in [1.165, 1.54) is 38.5 Å². The van der Waals surface area contributed by atoms with Gasteiger partial charge in [-0.15, -0.1) is 0 Å². The van der Waals surface area contributed by atoms with E-state index in [1.807, 2.05) is 0 Å². The lowest BCUT2D eigenvalue weighted by Gasteiger charge is -2.58. The van der Waals surface area contributed by atoms with Crippen LogP contribution in [0.1, 0.15) is 51.9 Å². The Hall–Kier alpha value is -1.04. The average Bonchev–Trinajstić information content (AvgIpc) is 2.25. The Bertz CT molecular complexity index is 387. The molecule has 3 nitrogen and oxygen atoms in total. The van der Waals surface area contributed by atoms with Crippen molar-refractivity contribution < 1.29 is 9.90 Å². The Labute approximate surface area is 108 Å². The Morgan fingerprint density at radius 1 is 1.28 bits per heavy atom. The zero-order valence-electron chi connectivity index (χ0n) is 11.0. The van der Waals surface area contributed by atoms with E-state index in [4.69, 9.17) is 0 Å². The molecule has 3 heteroatoms. The van der Waals surface area contributed by atoms with Crippen LogP contribution in [-0.2, 0) is 4.79 Å². The summed E-state index contributed by atoms with van der Waals surface area (Å²) in [5.74, 6) is 1.50. The summed E-state index contributed by atoms with van der Waals surface area (Å²) in [5.41, 5.74) is -1.02. The van der Waals surface area contributed by atoms with Gasteiger partial charge < -0.3 is 5.11 Å². The summed E-state index contributed by atoms with van der Waals surface area (Å²) < 4.78 is 0. The highest BCUT2D eigenvalue weighted by Crippen LogP contribution is 2.63. The Balaban J connectivity index is 1.84. The summed E-state index contributed by atoms with van der Waals surface area (Å²) in [4.78, 5) is 11.4. The normalized spacial score (nSPS) is 44.3. The molecule has 0 heterocycles. The first-order valence-electron chi connectivity index (χ1n) is 7.09. The molecule has 0 amide bonds. The van der Waals surface area contributed by atoms with Gasteiger partial charge in [-0.05, 0) is 75.0 Å². The molecule has 1 atom stereocenters. The third-order valence-electron chi connectivity index (χ3n) is 5.61. The number of rotatable bonds is 3. The lowest BCUT2D eigenvalue weighted by Crippen LogP contribution is -2.48. The SMILES string of the molecule is CC(C#N)(CC12CC3CC(CC(C3)C1)C2)C(=O)O. The number of carbonyl (C=O) groups is 1. The van der Waals surface area contributed by atoms with Crippen molar-refractivity contribution in [3.8, 4) is 6.07 Å². The van der Waals surface area contributed by atoms with Crippen LogP contribution in [0.4, 0.5) is 0 Å². The van der Waals surface area contributed by atoms with Gasteiger partial charge >= 0.3 is 5.97 Å². The van der Waals surface area contributed by atoms with Crippen LogP contribution in [-0.4, -0.2) is 11.1 Å². The summed E-state index contributed by atoms with van der Waals surface area (Å²) in [7, 11) is 0. The molecule has 4 saturated carbocycles. The first-order chi connectivity index (χ1) is 8.45. The molecule has 0 radical (unpaired) electrons. The molecule has 0 aromatic rings. The quantitative estimate of drug-likeness (QED) is 0.833. The third kappa shape index (κ3) is 1.74. The number of carboxylic acids is 1. The van der Waals surface area contributed by atoms with E-state index in [2.05, 4.69) is 6.07 Å². The molecule has 4 fully saturated rings. The second-order valence-electron chi connectivity index (χ2n) is 7.34. The minimum atomic E-state index is -1.19. The smallest absolute Gasteiger partial charge is 0.323 e. The molecule has 0 aromatic carbocycles. The van der Waals surface area contributed by atoms with E-state index < -0.39 is 11.4 Å². The van der Waals surface area contributed by atoms with Crippen LogP contribution >= 0.6 is 0 Å². The molecular weight excluding hydrogens is 226 g/mol. The van der Waals surface area contributed by atoms with Gasteiger partial charge in [0.1, 0.15) is 0 Å². The second-order valence-corrected chi connectivity index (χ2v) is 7.34. The minimum Gasteiger partial charge on any atom is -0.480 e. The van der Waals surface area contributed by atoms with Crippen LogP contribution in [0.25, 0.3) is 0 Å². The van der Waals surface area contributed by atoms with Crippen LogP contribution in [0.2, 0.25) is 0 Å². The molecule has 1 N–H and O–H groups in total. The molecule has 98 valence electrons. The van der Waals surface area contributed by atoms with Gasteiger partial charge in [-0.25, -0.2) is 0 Å². The van der Waals surface area contributed by atoms with Gasteiger partial charge in [0.05, 0.1) is 6.07 Å². The minimum absolute atomic E-state index is 0.164. The largest absolute Gasteiger partial charge is 0.480 e. The predicted octanol–water partition coefficient (Wildman–Crippen LogP) is 3.21. The van der Waals surface area contributed by atoms with Crippen molar-refractivity contribution in [3.05, 3.63) is 0 Å². The molecule has 4 rings (SSSR count). The molecular formula is C15H21NO2. The molecule has 4 aliphatic carbocycles. The highest BCUT2D eigenvalue weighted by Gasteiger charge is 2.54. The van der Waals surface area contributed by atoms with Gasteiger partial charge in [-0.1, -0.05) is 0 Å². The summed E-state index contributed by atoms with van der Waals surface area (Å²) in [6.07, 6.45) is 8.15. The third-order valence-corrected chi connectivity index (χ3v) is 5.61. The lowest BCUT2D eigenvalue weighted by molar-refractivity contribution is -0.149. The highest BCUT2D eigenvalue weighted by molar-refractivity contribution is 5.77. The van der Waals surface area contributed by atoms with Crippen LogP contribution in [0, 0.1) is 39.9 Å². The summed E-state index contributed by atoms with van der Waals surface area (Å²) in [6.45, 7) is 1.61. The van der Waals surface area contributed by atoms with E-state index in [0.29, 0.717) is 6.42 Å². The van der Waals surface area contributed by atoms with Crippen molar-refractivity contribution in [2.75, 3.05) is 0 Å². The van der Waals surface area contributed by atoms with Gasteiger partial charge in [0.15, 0.2) is 5.41 Å². The van der Waals surface area contributed by atoms with Crippen molar-refractivity contribution in [1.82, 2.24) is 0 Å². The fourth-order valence-corrected chi connectivity index (χ4v) is 5.42. The van der Waals surface area contributed by atoms with E-state index in [1.54, 1.807) is 6.92 Å². The zero-order valence-corrected chi connectivity index (χ0v) is 11.0. The Kier molecular flexibility index (Phi) is 2.49. The zero-order chi connectivity index (χ0) is 13.0. The Morgan fingerprint density at radius 3 is 2.06 bits per heavy atom. The highest BCUT2D eigenvalue weighted by atomic mass is 16.4. The van der Waals surface area contributed by atoms with E-state index in [-0.39, 0.29) is 5.41 Å². The van der Waals surface area contributed by atoms with Crippen molar-refractivity contribution in [2.45, 2.75) is 51.9 Å². The fraction of sp³-hybridized carbons (Fsp3) is 0.867. The predicted molar refractivity (Wildman–Crippen MR) is 66.6 cm³/mol. The molecule has 18 heavy (non-hydrogen) atoms. The number of aliphatic carboxylic acids is 1. The average molecular weight is 247 g/mol. The molecule has 4 aliphatic rings. The topological polar surface area (TPSA) is 61.1 Å². The number of nitrogens with zero attached hydrogens (tertiary/aromatic N) is 1. The van der Waals surface area contributed by atoms with Crippen molar-refractivity contribution in [3.63, 3.8) is 0 Å². The molecule has 0 saturated heterocycles. The number of carboxylic acid groups (broad SMARTS) is 1. The number of hydrogen-bond acceptors (Lipinski definition) is 2. The van der Waals surface area contributed by atoms with Crippen molar-refractivity contribution in [2.24, 2.45) is 28.6 Å². The van der Waals surface area contributed by atoms with Gasteiger partial charge in [0.2, 0.25) is 0 Å². The van der Waals surface area contributed by atoms with Crippen molar-refractivity contribution in [1.29, 1.82) is 5.26 Å². The maximum atomic E-state index is 11.4. The summed E-state index contributed by atoms with van der Waals surface area (Å²) >= 11 is 0. The van der Waals surface area contributed by atoms with Gasteiger partial charge in [-0.3, -0.25) is 4.79 Å². The Morgan fingerprint density at radius 2 is 1.72 bits per heavy atom. The van der Waals surface area contributed by atoms with Crippen LogP contribution in [0.3, 0.4) is 0 Å². The van der Waals surface area contributed by atoms with Crippen molar-refractivity contribution >= 4 is 5.97 Å². The molecule has 1 unspecified atom stereocenters. The summed E-state index contributed by atoms with van der Waals surface area (Å²) in [5, 5.41) is 18.5. The monoisotopic (exact) mass is 247 g/mol. The molecule has 0 aromatic heterocycles. The van der Waals surface area contributed by atoms with E-state index in [9.17, 15) is 15.2 Å². The summed E-state index contributed by atoms with van der Waals surface area (Å²) in [6, 6.07) is 2.05. The van der Waals surface area contributed by atoms with Crippen LogP contribution in [0.5, 0.6) is 0 Å². The van der Waals surface area contributed by atoms with Gasteiger partial charge in [0, 0.05) is 0 Å². The maximum absolute atomic E-state index is 11.4. The number of hydrogen-bond donors (Lipinski definition) is 1. The standard InChI is InChI=1S/C15H21NO2/c1-14(9-16,13(17)18)8-15-5-10-2-11(6-15)4-12(3-10)7-15/h10-12H,2-8H2,1H3,(H,17,18). The molecule has 0 spiro atoms. The van der Waals surface area contributed by atoms with Gasteiger partial charge in [0.25, 0.3) is 0 Å². The van der Waals surface area contributed by atoms with E-state index in [0.717, 1.165) is 17.8 Å². The number of nitriles is 1. The first-order valence-corrected chi connectivity index (χ1v) is 7.09. The molecule has 4 bridgehead atoms. The fourth-order valence-electron chi connectivity index (χ4n) is 5.42.